The van der Waals surface area contributed by atoms with Crippen LogP contribution in [0.1, 0.15) is 32.6 Å². The lowest BCUT2D eigenvalue weighted by molar-refractivity contribution is -0.458. The molecule has 0 aromatic rings. The van der Waals surface area contributed by atoms with E-state index in [1.54, 1.807) is 6.92 Å². The van der Waals surface area contributed by atoms with Crippen molar-refractivity contribution in [1.82, 2.24) is 0 Å². The van der Waals surface area contributed by atoms with E-state index < -0.39 is 104 Å². The third kappa shape index (κ3) is 6.52. The number of carbonyl (C=O) groups is 1. The molecule has 0 amide bonds. The first kappa shape index (κ1) is 39.7. The molecule has 0 aromatic heterocycles. The summed E-state index contributed by atoms with van der Waals surface area (Å²) in [5.41, 5.74) is 0. The number of hydrogen-bond acceptors (Lipinski definition) is 5. The summed E-state index contributed by atoms with van der Waals surface area (Å²) in [5.74, 6) is -55.9. The highest BCUT2D eigenvalue weighted by atomic mass is 32.3. The maximum absolute atomic E-state index is 14.5. The summed E-state index contributed by atoms with van der Waals surface area (Å²) in [6.07, 6.45) is -7.21. The van der Waals surface area contributed by atoms with Gasteiger partial charge in [0.05, 0.1) is 19.0 Å². The summed E-state index contributed by atoms with van der Waals surface area (Å²) in [4.78, 5) is 12.2. The van der Waals surface area contributed by atoms with Crippen molar-refractivity contribution >= 4 is 26.2 Å². The molecule has 1 saturated heterocycles. The molecule has 1 heterocycles. The highest BCUT2D eigenvalue weighted by molar-refractivity contribution is 8.33. The van der Waals surface area contributed by atoms with Crippen molar-refractivity contribution in [2.45, 2.75) is 79.6 Å². The van der Waals surface area contributed by atoms with Crippen molar-refractivity contribution in [3.8, 4) is 0 Å². The van der Waals surface area contributed by atoms with Gasteiger partial charge in [0.1, 0.15) is 5.78 Å². The van der Waals surface area contributed by atoms with Gasteiger partial charge in [-0.2, -0.15) is 83.1 Å². The summed E-state index contributed by atoms with van der Waals surface area (Å²) < 4.78 is 263. The molecular formula is C19H21F17O5S2. The zero-order valence-electron chi connectivity index (χ0n) is 21.1. The highest BCUT2D eigenvalue weighted by Crippen LogP contribution is 2.65. The first-order valence-electron chi connectivity index (χ1n) is 11.4. The fourth-order valence-electron chi connectivity index (χ4n) is 3.34. The number of halogens is 17. The Labute approximate surface area is 233 Å². The Morgan fingerprint density at radius 1 is 0.674 bits per heavy atom. The van der Waals surface area contributed by atoms with Crippen molar-refractivity contribution in [3.05, 3.63) is 0 Å². The lowest BCUT2D eigenvalue weighted by Crippen LogP contribution is -2.75. The molecule has 1 fully saturated rings. The Bertz CT molecular complexity index is 1100. The minimum absolute atomic E-state index is 0.135. The molecule has 258 valence electrons. The van der Waals surface area contributed by atoms with Crippen LogP contribution < -0.4 is 0 Å². The van der Waals surface area contributed by atoms with Gasteiger partial charge in [0.25, 0.3) is 0 Å². The van der Waals surface area contributed by atoms with Gasteiger partial charge in [-0.15, -0.1) is 10.3 Å². The maximum atomic E-state index is 14.5. The molecular weight excluding hydrogens is 695 g/mol. The average molecular weight is 716 g/mol. The van der Waals surface area contributed by atoms with Crippen LogP contribution in [0.25, 0.3) is 0 Å². The predicted octanol–water partition coefficient (Wildman–Crippen LogP) is 7.20. The van der Waals surface area contributed by atoms with E-state index in [0.29, 0.717) is 12.8 Å². The molecule has 0 bridgehead atoms. The van der Waals surface area contributed by atoms with E-state index in [1.165, 1.54) is 0 Å². The molecule has 1 aliphatic heterocycles. The van der Waals surface area contributed by atoms with Gasteiger partial charge in [-0.3, -0.25) is 4.79 Å². The Morgan fingerprint density at radius 2 is 1.07 bits per heavy atom. The molecule has 0 atom stereocenters. The predicted molar refractivity (Wildman–Crippen MR) is 113 cm³/mol. The van der Waals surface area contributed by atoms with Crippen LogP contribution in [-0.4, -0.2) is 91.6 Å². The van der Waals surface area contributed by atoms with E-state index in [2.05, 4.69) is 3.63 Å². The minimum Gasteiger partial charge on any atom is -0.380 e. The smallest absolute Gasteiger partial charge is 0.380 e. The van der Waals surface area contributed by atoms with Crippen molar-refractivity contribution in [3.63, 3.8) is 0 Å². The largest absolute Gasteiger partial charge is 0.460 e. The quantitative estimate of drug-likeness (QED) is 0.133. The van der Waals surface area contributed by atoms with Gasteiger partial charge in [0.2, 0.25) is 0 Å². The monoisotopic (exact) mass is 716 g/mol. The van der Waals surface area contributed by atoms with E-state index in [0.717, 1.165) is 0 Å². The van der Waals surface area contributed by atoms with Crippen LogP contribution in [0.4, 0.5) is 74.6 Å². The SMILES string of the molecule is CCCCCC(=O)CS1(OS(=O)(=O)C(F)(F)C(F)(F)C(F)(F)C(F)(F)C(F)(F)C(F)(F)C(F)(F)C(F)(F)F)CCOCC1. The molecule has 5 nitrogen and oxygen atoms in total. The van der Waals surface area contributed by atoms with Gasteiger partial charge in [0, 0.05) is 17.9 Å². The van der Waals surface area contributed by atoms with Crippen LogP contribution in [0.5, 0.6) is 0 Å². The second-order valence-corrected chi connectivity index (χ2v) is 14.1. The highest BCUT2D eigenvalue weighted by Gasteiger charge is 2.96. The first-order chi connectivity index (χ1) is 18.9. The van der Waals surface area contributed by atoms with E-state index in [-0.39, 0.29) is 12.8 Å². The van der Waals surface area contributed by atoms with Crippen LogP contribution in [0.2, 0.25) is 0 Å². The van der Waals surface area contributed by atoms with Crippen molar-refractivity contribution in [2.24, 2.45) is 0 Å². The molecule has 43 heavy (non-hydrogen) atoms. The van der Waals surface area contributed by atoms with E-state index in [1.807, 2.05) is 0 Å². The standard InChI is InChI=1S/C19H21F17O5S2/c1-2-3-4-5-11(37)10-42(8-6-40-7-9-42)41-43(38,39)19(35,36)17(30,31)15(26,27)13(22,23)12(20,21)14(24,25)16(28,29)18(32,33)34/h2-10H2,1H3. The fourth-order valence-corrected chi connectivity index (χ4v) is 8.45. The molecule has 0 unspecified atom stereocenters. The van der Waals surface area contributed by atoms with Crippen LogP contribution in [0, 0.1) is 0 Å². The molecule has 0 saturated carbocycles. The third-order valence-electron chi connectivity index (χ3n) is 5.92. The van der Waals surface area contributed by atoms with Gasteiger partial charge in [-0.25, -0.2) is 3.63 Å². The number of ether oxygens (including phenoxy) is 1. The van der Waals surface area contributed by atoms with Crippen LogP contribution in [0.15, 0.2) is 0 Å². The van der Waals surface area contributed by atoms with Crippen LogP contribution in [0.3, 0.4) is 0 Å². The Morgan fingerprint density at radius 3 is 1.47 bits per heavy atom. The van der Waals surface area contributed by atoms with Crippen LogP contribution >= 0.6 is 10.3 Å². The normalized spacial score (nSPS) is 19.3. The van der Waals surface area contributed by atoms with Gasteiger partial charge < -0.3 is 4.74 Å². The van der Waals surface area contributed by atoms with Crippen LogP contribution in [-0.2, 0) is 23.3 Å². The molecule has 0 aliphatic carbocycles. The summed E-state index contributed by atoms with van der Waals surface area (Å²) in [7, 11) is -11.7. The van der Waals surface area contributed by atoms with E-state index in [4.69, 9.17) is 4.74 Å². The maximum Gasteiger partial charge on any atom is 0.460 e. The lowest BCUT2D eigenvalue weighted by Gasteiger charge is -2.44. The van der Waals surface area contributed by atoms with Gasteiger partial charge >= 0.3 is 57.1 Å². The topological polar surface area (TPSA) is 69.7 Å². The molecule has 1 rings (SSSR count). The molecule has 0 aromatic carbocycles. The minimum atomic E-state index is -8.93. The number of carbonyl (C=O) groups excluding carboxylic acids is 1. The van der Waals surface area contributed by atoms with Gasteiger partial charge in [-0.1, -0.05) is 19.8 Å². The van der Waals surface area contributed by atoms with Crippen molar-refractivity contribution < 1.29 is 96.2 Å². The van der Waals surface area contributed by atoms with E-state index >= 15 is 0 Å². The summed E-state index contributed by atoms with van der Waals surface area (Å²) in [6.45, 7) is 0.446. The summed E-state index contributed by atoms with van der Waals surface area (Å²) >= 11 is 0. The van der Waals surface area contributed by atoms with Crippen molar-refractivity contribution in [1.29, 1.82) is 0 Å². The Hall–Kier alpha value is -1.30. The second kappa shape index (κ2) is 12.1. The van der Waals surface area contributed by atoms with Gasteiger partial charge in [0.15, 0.2) is 0 Å². The Kier molecular flexibility index (Phi) is 11.2. The molecule has 0 radical (unpaired) electrons. The van der Waals surface area contributed by atoms with E-state index in [9.17, 15) is 87.8 Å². The number of alkyl halides is 17. The summed E-state index contributed by atoms with van der Waals surface area (Å²) in [5, 5.41) is -7.78. The lowest BCUT2D eigenvalue weighted by atomic mass is 9.91. The zero-order chi connectivity index (χ0) is 34.4. The molecule has 0 N–H and O–H groups in total. The number of ketones is 1. The fraction of sp³-hybridized carbons (Fsp3) is 0.947. The number of Topliss-reactive ketones (excluding diaryl/α,β-unsaturated/α-hetero) is 1. The number of unbranched alkanes of at least 4 members (excludes halogenated alkanes) is 2. The Balaban J connectivity index is 3.62. The summed E-state index contributed by atoms with van der Waals surface area (Å²) in [6, 6.07) is 0. The molecule has 0 spiro atoms. The van der Waals surface area contributed by atoms with Gasteiger partial charge in [-0.05, 0) is 6.42 Å². The molecule has 24 heteroatoms. The number of rotatable bonds is 15. The molecule has 1 aliphatic rings. The first-order valence-corrected chi connectivity index (χ1v) is 14.9. The number of hydrogen-bond donors (Lipinski definition) is 0. The second-order valence-electron chi connectivity index (χ2n) is 9.11. The third-order valence-corrected chi connectivity index (χ3v) is 11.3. The zero-order valence-corrected chi connectivity index (χ0v) is 22.8. The average Bonchev–Trinajstić information content (AvgIpc) is 2.82. The van der Waals surface area contributed by atoms with Crippen molar-refractivity contribution in [2.75, 3.05) is 30.5 Å².